The molecule has 1 saturated heterocycles. The zero-order valence-corrected chi connectivity index (χ0v) is 22.1. The summed E-state index contributed by atoms with van der Waals surface area (Å²) >= 11 is 0. The Balaban J connectivity index is 1.31. The van der Waals surface area contributed by atoms with Gasteiger partial charge in [0, 0.05) is 35.1 Å². The number of nitrogens with zero attached hydrogens (tertiary/aromatic N) is 2. The average Bonchev–Trinajstić information content (AvgIpc) is 3.61. The molecule has 1 fully saturated rings. The van der Waals surface area contributed by atoms with Crippen LogP contribution in [-0.4, -0.2) is 42.0 Å². The van der Waals surface area contributed by atoms with Gasteiger partial charge in [0.2, 0.25) is 5.91 Å². The maximum Gasteiger partial charge on any atom is 0.223 e. The number of aromatic amines is 1. The number of nitrogens with one attached hydrogen (secondary N) is 4. The van der Waals surface area contributed by atoms with Gasteiger partial charge in [0.15, 0.2) is 5.84 Å². The molecule has 0 radical (unpaired) electrons. The second-order valence-corrected chi connectivity index (χ2v) is 10.5. The van der Waals surface area contributed by atoms with Crippen molar-refractivity contribution in [3.8, 4) is 0 Å². The van der Waals surface area contributed by atoms with E-state index in [0.29, 0.717) is 6.42 Å². The summed E-state index contributed by atoms with van der Waals surface area (Å²) in [5.41, 5.74) is 8.06. The number of hydrazone groups is 1. The first kappa shape index (κ1) is 25.2. The van der Waals surface area contributed by atoms with Crippen LogP contribution < -0.4 is 21.0 Å². The normalized spacial score (nSPS) is 18.5. The van der Waals surface area contributed by atoms with E-state index in [2.05, 4.69) is 105 Å². The topological polar surface area (TPSA) is 84.5 Å². The Labute approximate surface area is 229 Å². The number of aromatic nitrogens is 1. The molecule has 7 heteroatoms. The molecule has 2 atom stereocenters. The number of amides is 1. The van der Waals surface area contributed by atoms with Crippen LogP contribution >= 0.6 is 0 Å². The van der Waals surface area contributed by atoms with E-state index in [0.717, 1.165) is 55.8 Å². The van der Waals surface area contributed by atoms with Crippen LogP contribution in [0.4, 0.5) is 5.69 Å². The molecule has 1 aromatic heterocycles. The maximum absolute atomic E-state index is 13.6. The Bertz CT molecular complexity index is 1410. The maximum atomic E-state index is 13.6. The van der Waals surface area contributed by atoms with Crippen molar-refractivity contribution in [1.82, 2.24) is 21.0 Å². The highest BCUT2D eigenvalue weighted by Crippen LogP contribution is 2.27. The predicted octanol–water partition coefficient (Wildman–Crippen LogP) is 4.58. The molecule has 0 aliphatic carbocycles. The Morgan fingerprint density at radius 3 is 2.46 bits per heavy atom. The van der Waals surface area contributed by atoms with Crippen molar-refractivity contribution in [3.05, 3.63) is 102 Å². The third-order valence-electron chi connectivity index (χ3n) is 7.91. The quantitative estimate of drug-likeness (QED) is 0.260. The summed E-state index contributed by atoms with van der Waals surface area (Å²) in [5, 5.41) is 12.9. The number of rotatable bonds is 9. The van der Waals surface area contributed by atoms with Crippen LogP contribution in [0.25, 0.3) is 10.9 Å². The van der Waals surface area contributed by atoms with Gasteiger partial charge in [0.25, 0.3) is 0 Å². The van der Waals surface area contributed by atoms with E-state index < -0.39 is 0 Å². The summed E-state index contributed by atoms with van der Waals surface area (Å²) in [6, 6.07) is 29.0. The molecule has 4 aromatic rings. The van der Waals surface area contributed by atoms with E-state index >= 15 is 0 Å². The lowest BCUT2D eigenvalue weighted by molar-refractivity contribution is -0.126. The van der Waals surface area contributed by atoms with E-state index in [1.807, 2.05) is 12.1 Å². The lowest BCUT2D eigenvalue weighted by atomic mass is 9.95. The van der Waals surface area contributed by atoms with E-state index in [9.17, 15) is 4.79 Å². The molecule has 6 rings (SSSR count). The van der Waals surface area contributed by atoms with Crippen LogP contribution in [0.15, 0.2) is 96.2 Å². The van der Waals surface area contributed by atoms with E-state index in [4.69, 9.17) is 5.10 Å². The molecular formula is C32H36N6O. The lowest BCUT2D eigenvalue weighted by Crippen LogP contribution is -2.53. The van der Waals surface area contributed by atoms with Crippen molar-refractivity contribution in [2.45, 2.75) is 44.3 Å². The minimum Gasteiger partial charge on any atom is -0.361 e. The molecule has 0 spiro atoms. The Hall–Kier alpha value is -4.10. The van der Waals surface area contributed by atoms with Gasteiger partial charge in [-0.2, -0.15) is 5.10 Å². The Kier molecular flexibility index (Phi) is 7.59. The van der Waals surface area contributed by atoms with Gasteiger partial charge in [-0.15, -0.1) is 0 Å². The summed E-state index contributed by atoms with van der Waals surface area (Å²) in [4.78, 5) is 19.2. The number of aryl methyl sites for hydroxylation is 1. The number of amidine groups is 1. The fourth-order valence-corrected chi connectivity index (χ4v) is 5.80. The van der Waals surface area contributed by atoms with Crippen LogP contribution in [0.2, 0.25) is 0 Å². The number of H-pyrrole nitrogens is 1. The van der Waals surface area contributed by atoms with Gasteiger partial charge in [-0.25, -0.2) is 0 Å². The van der Waals surface area contributed by atoms with Crippen molar-refractivity contribution in [2.75, 3.05) is 18.0 Å². The first-order valence-electron chi connectivity index (χ1n) is 14.0. The highest BCUT2D eigenvalue weighted by Gasteiger charge is 2.36. The van der Waals surface area contributed by atoms with Crippen molar-refractivity contribution in [1.29, 1.82) is 0 Å². The molecule has 0 saturated carbocycles. The van der Waals surface area contributed by atoms with Gasteiger partial charge in [-0.3, -0.25) is 10.2 Å². The van der Waals surface area contributed by atoms with Gasteiger partial charge < -0.3 is 20.5 Å². The molecule has 0 bridgehead atoms. The number of hydrogen-bond acceptors (Lipinski definition) is 5. The third-order valence-corrected chi connectivity index (χ3v) is 7.91. The molecule has 4 N–H and O–H groups in total. The monoisotopic (exact) mass is 520 g/mol. The molecule has 3 aromatic carbocycles. The number of carbonyl (C=O) groups is 1. The van der Waals surface area contributed by atoms with Crippen LogP contribution in [-0.2, 0) is 17.6 Å². The minimum atomic E-state index is -0.277. The Morgan fingerprint density at radius 2 is 1.67 bits per heavy atom. The van der Waals surface area contributed by atoms with Crippen LogP contribution in [0, 0.1) is 5.92 Å². The first-order valence-corrected chi connectivity index (χ1v) is 14.0. The largest absolute Gasteiger partial charge is 0.361 e. The summed E-state index contributed by atoms with van der Waals surface area (Å²) in [6.45, 7) is 1.76. The minimum absolute atomic E-state index is 0.0103. The highest BCUT2D eigenvalue weighted by molar-refractivity contribution is 6.05. The standard InChI is InChI=1S/C32H36N6O/c39-32(24-17-19-33-20-18-24)35-29(21-25-22-34-28-14-8-7-13-27(25)28)31-37-36-30(16-15-23-9-3-1-4-10-23)38(31)26-11-5-2-6-12-26/h1-14,22,24,29-30,33-34,36H,15-21H2,(H,35,39)/t29-,30?/m1/s1. The van der Waals surface area contributed by atoms with Gasteiger partial charge in [0.05, 0.1) is 6.04 Å². The zero-order valence-electron chi connectivity index (χ0n) is 22.1. The van der Waals surface area contributed by atoms with Gasteiger partial charge >= 0.3 is 0 Å². The Morgan fingerprint density at radius 1 is 0.949 bits per heavy atom. The number of hydrogen-bond donors (Lipinski definition) is 4. The number of piperidine rings is 1. The summed E-state index contributed by atoms with van der Waals surface area (Å²) in [5.74, 6) is 0.988. The SMILES string of the molecule is O=C(N[C@H](Cc1c[nH]c2ccccc12)C1=NNC(CCc2ccccc2)N1c1ccccc1)C1CCNCC1. The van der Waals surface area contributed by atoms with Crippen molar-refractivity contribution in [2.24, 2.45) is 11.0 Å². The zero-order chi connectivity index (χ0) is 26.4. The summed E-state index contributed by atoms with van der Waals surface area (Å²) in [7, 11) is 0. The van der Waals surface area contributed by atoms with Gasteiger partial charge in [-0.05, 0) is 68.1 Å². The number of para-hydroxylation sites is 2. The molecule has 3 heterocycles. The van der Waals surface area contributed by atoms with Crippen molar-refractivity contribution >= 4 is 28.3 Å². The van der Waals surface area contributed by atoms with Gasteiger partial charge in [0.1, 0.15) is 6.17 Å². The van der Waals surface area contributed by atoms with Crippen LogP contribution in [0.5, 0.6) is 0 Å². The van der Waals surface area contributed by atoms with Crippen LogP contribution in [0.1, 0.15) is 30.4 Å². The molecule has 2 aliphatic heterocycles. The van der Waals surface area contributed by atoms with Crippen molar-refractivity contribution < 1.29 is 4.79 Å². The average molecular weight is 521 g/mol. The van der Waals surface area contributed by atoms with E-state index in [1.54, 1.807) is 0 Å². The third kappa shape index (κ3) is 5.68. The first-order chi connectivity index (χ1) is 19.3. The van der Waals surface area contributed by atoms with Gasteiger partial charge in [-0.1, -0.05) is 66.7 Å². The summed E-state index contributed by atoms with van der Waals surface area (Å²) < 4.78 is 0. The number of anilines is 1. The summed E-state index contributed by atoms with van der Waals surface area (Å²) in [6.07, 6.45) is 6.24. The van der Waals surface area contributed by atoms with Crippen molar-refractivity contribution in [3.63, 3.8) is 0 Å². The molecule has 39 heavy (non-hydrogen) atoms. The number of carbonyl (C=O) groups excluding carboxylic acids is 1. The number of benzene rings is 3. The highest BCUT2D eigenvalue weighted by atomic mass is 16.2. The van der Waals surface area contributed by atoms with E-state index in [-0.39, 0.29) is 24.0 Å². The predicted molar refractivity (Wildman–Crippen MR) is 158 cm³/mol. The molecule has 7 nitrogen and oxygen atoms in total. The molecule has 1 amide bonds. The second kappa shape index (κ2) is 11.7. The fourth-order valence-electron chi connectivity index (χ4n) is 5.80. The molecule has 2 aliphatic rings. The molecule has 200 valence electrons. The lowest BCUT2D eigenvalue weighted by Gasteiger charge is -2.32. The molecular weight excluding hydrogens is 484 g/mol. The fraction of sp³-hybridized carbons (Fsp3) is 0.312. The van der Waals surface area contributed by atoms with Crippen LogP contribution in [0.3, 0.4) is 0 Å². The smallest absolute Gasteiger partial charge is 0.223 e. The second-order valence-electron chi connectivity index (χ2n) is 10.5. The van der Waals surface area contributed by atoms with E-state index in [1.165, 1.54) is 16.5 Å². The molecule has 1 unspecified atom stereocenters. The number of fused-ring (bicyclic) bond motifs is 1.